The molecule has 0 fully saturated rings. The van der Waals surface area contributed by atoms with Gasteiger partial charge in [-0.15, -0.1) is 0 Å². The number of hydrogen-bond donors (Lipinski definition) is 1. The van der Waals surface area contributed by atoms with E-state index in [1.807, 2.05) is 6.07 Å². The van der Waals surface area contributed by atoms with Gasteiger partial charge >= 0.3 is 0 Å². The summed E-state index contributed by atoms with van der Waals surface area (Å²) >= 11 is 0. The minimum Gasteiger partial charge on any atom is -0.395 e. The topological polar surface area (TPSA) is 23.5 Å². The summed E-state index contributed by atoms with van der Waals surface area (Å²) in [6, 6.07) is 6.81. The third kappa shape index (κ3) is 4.29. The molecule has 3 heteroatoms. The van der Waals surface area contributed by atoms with E-state index in [9.17, 15) is 4.39 Å². The van der Waals surface area contributed by atoms with Gasteiger partial charge < -0.3 is 5.11 Å². The largest absolute Gasteiger partial charge is 0.395 e. The molecule has 1 aromatic rings. The summed E-state index contributed by atoms with van der Waals surface area (Å²) in [5.41, 5.74) is 0.701. The standard InChI is InChI=1S/C13H20FNO/c1-2-3-8-15(9-10-16)11-12-6-4-5-7-13(12)14/h4-7,16H,2-3,8-11H2,1H3. The van der Waals surface area contributed by atoms with Crippen LogP contribution in [-0.4, -0.2) is 29.7 Å². The Kier molecular flexibility index (Phi) is 6.04. The van der Waals surface area contributed by atoms with E-state index in [-0.39, 0.29) is 12.4 Å². The molecule has 0 radical (unpaired) electrons. The number of hydrogen-bond acceptors (Lipinski definition) is 2. The van der Waals surface area contributed by atoms with Crippen LogP contribution in [0.4, 0.5) is 4.39 Å². The zero-order valence-corrected chi connectivity index (χ0v) is 9.82. The average molecular weight is 225 g/mol. The van der Waals surface area contributed by atoms with Crippen LogP contribution in [0.5, 0.6) is 0 Å². The molecular weight excluding hydrogens is 205 g/mol. The summed E-state index contributed by atoms with van der Waals surface area (Å²) in [4.78, 5) is 2.09. The third-order valence-electron chi connectivity index (χ3n) is 2.60. The van der Waals surface area contributed by atoms with Crippen LogP contribution in [0.1, 0.15) is 25.3 Å². The molecule has 90 valence electrons. The lowest BCUT2D eigenvalue weighted by Gasteiger charge is -2.21. The number of aliphatic hydroxyl groups is 1. The first-order valence-corrected chi connectivity index (χ1v) is 5.84. The van der Waals surface area contributed by atoms with E-state index < -0.39 is 0 Å². The molecule has 0 saturated heterocycles. The zero-order chi connectivity index (χ0) is 11.8. The molecule has 0 bridgehead atoms. The van der Waals surface area contributed by atoms with Crippen molar-refractivity contribution in [3.8, 4) is 0 Å². The average Bonchev–Trinajstić information content (AvgIpc) is 2.29. The van der Waals surface area contributed by atoms with Crippen molar-refractivity contribution in [1.82, 2.24) is 4.90 Å². The van der Waals surface area contributed by atoms with E-state index in [0.29, 0.717) is 18.7 Å². The van der Waals surface area contributed by atoms with Crippen molar-refractivity contribution < 1.29 is 9.50 Å². The summed E-state index contributed by atoms with van der Waals surface area (Å²) in [5, 5.41) is 8.95. The van der Waals surface area contributed by atoms with Crippen LogP contribution in [0.25, 0.3) is 0 Å². The lowest BCUT2D eigenvalue weighted by Crippen LogP contribution is -2.27. The Hall–Kier alpha value is -0.930. The van der Waals surface area contributed by atoms with Crippen LogP contribution >= 0.6 is 0 Å². The van der Waals surface area contributed by atoms with Gasteiger partial charge in [0, 0.05) is 18.7 Å². The van der Waals surface area contributed by atoms with Gasteiger partial charge in [-0.3, -0.25) is 4.90 Å². The molecule has 0 atom stereocenters. The lowest BCUT2D eigenvalue weighted by atomic mass is 10.2. The van der Waals surface area contributed by atoms with E-state index in [4.69, 9.17) is 5.11 Å². The highest BCUT2D eigenvalue weighted by atomic mass is 19.1. The number of unbranched alkanes of at least 4 members (excludes halogenated alkanes) is 1. The Morgan fingerprint density at radius 2 is 2.00 bits per heavy atom. The second-order valence-electron chi connectivity index (χ2n) is 3.94. The van der Waals surface area contributed by atoms with Crippen molar-refractivity contribution in [1.29, 1.82) is 0 Å². The number of rotatable bonds is 7. The Morgan fingerprint density at radius 3 is 2.62 bits per heavy atom. The highest BCUT2D eigenvalue weighted by Gasteiger charge is 2.07. The number of aliphatic hydroxyl groups excluding tert-OH is 1. The van der Waals surface area contributed by atoms with Gasteiger partial charge in [0.1, 0.15) is 5.82 Å². The predicted molar refractivity (Wildman–Crippen MR) is 63.7 cm³/mol. The Bertz CT molecular complexity index is 304. The van der Waals surface area contributed by atoms with Crippen LogP contribution in [0.2, 0.25) is 0 Å². The summed E-state index contributed by atoms with van der Waals surface area (Å²) < 4.78 is 13.4. The van der Waals surface area contributed by atoms with Crippen molar-refractivity contribution in [2.24, 2.45) is 0 Å². The molecule has 0 unspecified atom stereocenters. The first kappa shape index (κ1) is 13.1. The fraction of sp³-hybridized carbons (Fsp3) is 0.538. The van der Waals surface area contributed by atoms with Crippen molar-refractivity contribution in [2.75, 3.05) is 19.7 Å². The van der Waals surface area contributed by atoms with E-state index >= 15 is 0 Å². The van der Waals surface area contributed by atoms with Crippen molar-refractivity contribution in [2.45, 2.75) is 26.3 Å². The van der Waals surface area contributed by atoms with Crippen LogP contribution in [0, 0.1) is 5.82 Å². The minimum absolute atomic E-state index is 0.123. The van der Waals surface area contributed by atoms with Gasteiger partial charge in [-0.25, -0.2) is 4.39 Å². The van der Waals surface area contributed by atoms with Crippen LogP contribution in [0.15, 0.2) is 24.3 Å². The van der Waals surface area contributed by atoms with Gasteiger partial charge in [0.05, 0.1) is 6.61 Å². The SMILES string of the molecule is CCCCN(CCO)Cc1ccccc1F. The molecule has 0 aliphatic carbocycles. The van der Waals surface area contributed by atoms with Crippen LogP contribution in [-0.2, 0) is 6.54 Å². The molecule has 1 aromatic carbocycles. The molecule has 0 saturated carbocycles. The molecule has 0 heterocycles. The van der Waals surface area contributed by atoms with Crippen molar-refractivity contribution in [3.05, 3.63) is 35.6 Å². The number of benzene rings is 1. The molecule has 0 aromatic heterocycles. The Morgan fingerprint density at radius 1 is 1.25 bits per heavy atom. The van der Waals surface area contributed by atoms with E-state index in [2.05, 4.69) is 11.8 Å². The summed E-state index contributed by atoms with van der Waals surface area (Å²) in [7, 11) is 0. The first-order valence-electron chi connectivity index (χ1n) is 5.84. The van der Waals surface area contributed by atoms with Gasteiger partial charge in [0.2, 0.25) is 0 Å². The van der Waals surface area contributed by atoms with E-state index in [1.165, 1.54) is 6.07 Å². The molecule has 0 aliphatic rings. The maximum atomic E-state index is 13.4. The van der Waals surface area contributed by atoms with Gasteiger partial charge in [-0.1, -0.05) is 31.5 Å². The normalized spacial score (nSPS) is 11.0. The lowest BCUT2D eigenvalue weighted by molar-refractivity contribution is 0.187. The molecule has 1 N–H and O–H groups in total. The number of nitrogens with zero attached hydrogens (tertiary/aromatic N) is 1. The maximum Gasteiger partial charge on any atom is 0.127 e. The first-order chi connectivity index (χ1) is 7.77. The van der Waals surface area contributed by atoms with Gasteiger partial charge in [-0.05, 0) is 19.0 Å². The highest BCUT2D eigenvalue weighted by molar-refractivity contribution is 5.17. The summed E-state index contributed by atoms with van der Waals surface area (Å²) in [5.74, 6) is -0.165. The molecule has 2 nitrogen and oxygen atoms in total. The second kappa shape index (κ2) is 7.36. The van der Waals surface area contributed by atoms with Crippen molar-refractivity contribution >= 4 is 0 Å². The van der Waals surface area contributed by atoms with E-state index in [1.54, 1.807) is 12.1 Å². The smallest absolute Gasteiger partial charge is 0.127 e. The molecule has 16 heavy (non-hydrogen) atoms. The molecular formula is C13H20FNO. The quantitative estimate of drug-likeness (QED) is 0.770. The summed E-state index contributed by atoms with van der Waals surface area (Å²) in [6.45, 7) is 4.34. The number of halogens is 1. The highest BCUT2D eigenvalue weighted by Crippen LogP contribution is 2.10. The summed E-state index contributed by atoms with van der Waals surface area (Å²) in [6.07, 6.45) is 2.19. The third-order valence-corrected chi connectivity index (χ3v) is 2.60. The zero-order valence-electron chi connectivity index (χ0n) is 9.82. The van der Waals surface area contributed by atoms with E-state index in [0.717, 1.165) is 19.4 Å². The van der Waals surface area contributed by atoms with Crippen LogP contribution < -0.4 is 0 Å². The van der Waals surface area contributed by atoms with Gasteiger partial charge in [-0.2, -0.15) is 0 Å². The Labute approximate surface area is 96.7 Å². The second-order valence-corrected chi connectivity index (χ2v) is 3.94. The maximum absolute atomic E-state index is 13.4. The molecule has 0 aliphatic heterocycles. The fourth-order valence-electron chi connectivity index (χ4n) is 1.66. The van der Waals surface area contributed by atoms with Crippen molar-refractivity contribution in [3.63, 3.8) is 0 Å². The molecule has 1 rings (SSSR count). The Balaban J connectivity index is 2.56. The predicted octanol–water partition coefficient (Wildman–Crippen LogP) is 2.42. The monoisotopic (exact) mass is 225 g/mol. The van der Waals surface area contributed by atoms with Gasteiger partial charge in [0.25, 0.3) is 0 Å². The van der Waals surface area contributed by atoms with Gasteiger partial charge in [0.15, 0.2) is 0 Å². The molecule has 0 spiro atoms. The fourth-order valence-corrected chi connectivity index (χ4v) is 1.66. The molecule has 0 amide bonds. The van der Waals surface area contributed by atoms with Crippen LogP contribution in [0.3, 0.4) is 0 Å². The minimum atomic E-state index is -0.165.